The highest BCUT2D eigenvalue weighted by Crippen LogP contribution is 2.33. The van der Waals surface area contributed by atoms with Gasteiger partial charge in [-0.1, -0.05) is 38.1 Å². The molecule has 1 aliphatic carbocycles. The second kappa shape index (κ2) is 15.2. The molecule has 2 atom stereocenters. The van der Waals surface area contributed by atoms with E-state index in [1.807, 2.05) is 99.6 Å². The molecular formula is C33H40N6O3S. The highest BCUT2D eigenvalue weighted by Gasteiger charge is 2.22. The van der Waals surface area contributed by atoms with Crippen LogP contribution >= 0.6 is 11.9 Å². The lowest BCUT2D eigenvalue weighted by molar-refractivity contribution is 0.0935. The van der Waals surface area contributed by atoms with Gasteiger partial charge in [-0.25, -0.2) is 9.97 Å². The SMILES string of the molecule is CC.COc1cc(Nc2nc3ccccc3nc2NSC2C=CCC(NC(=O)c3ccc(N(C)C)cc3)C2)cc(OC)c1. The lowest BCUT2D eigenvalue weighted by Gasteiger charge is -2.25. The Balaban J connectivity index is 0.00000207. The zero-order valence-electron chi connectivity index (χ0n) is 25.5. The Morgan fingerprint density at radius 3 is 2.14 bits per heavy atom. The molecule has 9 nitrogen and oxygen atoms in total. The van der Waals surface area contributed by atoms with Crippen molar-refractivity contribution in [1.29, 1.82) is 0 Å². The lowest BCUT2D eigenvalue weighted by Crippen LogP contribution is -2.37. The van der Waals surface area contributed by atoms with Crippen molar-refractivity contribution in [3.05, 3.63) is 84.4 Å². The van der Waals surface area contributed by atoms with E-state index in [0.29, 0.717) is 28.7 Å². The number of aromatic nitrogens is 2. The number of methoxy groups -OCH3 is 2. The van der Waals surface area contributed by atoms with E-state index < -0.39 is 0 Å². The highest BCUT2D eigenvalue weighted by molar-refractivity contribution is 8.01. The van der Waals surface area contributed by atoms with Crippen LogP contribution in [0.5, 0.6) is 11.5 Å². The molecule has 0 aliphatic heterocycles. The number of carbonyl (C=O) groups is 1. The van der Waals surface area contributed by atoms with Crippen LogP contribution in [0.2, 0.25) is 0 Å². The first kappa shape index (κ1) is 31.5. The summed E-state index contributed by atoms with van der Waals surface area (Å²) in [6.45, 7) is 4.00. The molecule has 1 amide bonds. The Labute approximate surface area is 258 Å². The first-order valence-corrected chi connectivity index (χ1v) is 15.2. The molecule has 5 rings (SSSR count). The minimum Gasteiger partial charge on any atom is -0.497 e. The number of amides is 1. The van der Waals surface area contributed by atoms with E-state index in [4.69, 9.17) is 19.4 Å². The summed E-state index contributed by atoms with van der Waals surface area (Å²) >= 11 is 1.55. The van der Waals surface area contributed by atoms with E-state index >= 15 is 0 Å². The van der Waals surface area contributed by atoms with Crippen molar-refractivity contribution in [2.24, 2.45) is 0 Å². The van der Waals surface area contributed by atoms with Gasteiger partial charge in [0.05, 0.1) is 25.3 Å². The molecule has 3 aromatic carbocycles. The van der Waals surface area contributed by atoms with E-state index in [1.54, 1.807) is 26.2 Å². The van der Waals surface area contributed by atoms with Crippen LogP contribution in [0, 0.1) is 0 Å². The molecule has 1 aliphatic rings. The fourth-order valence-corrected chi connectivity index (χ4v) is 5.46. The zero-order valence-corrected chi connectivity index (χ0v) is 26.4. The predicted molar refractivity (Wildman–Crippen MR) is 179 cm³/mol. The molecule has 1 heterocycles. The molecule has 0 spiro atoms. The molecule has 1 aromatic heterocycles. The molecule has 3 N–H and O–H groups in total. The number of nitrogens with zero attached hydrogens (tertiary/aromatic N) is 3. The number of fused-ring (bicyclic) bond motifs is 1. The summed E-state index contributed by atoms with van der Waals surface area (Å²) in [7, 11) is 7.19. The van der Waals surface area contributed by atoms with Gasteiger partial charge in [0, 0.05) is 60.5 Å². The predicted octanol–water partition coefficient (Wildman–Crippen LogP) is 7.06. The number of anilines is 4. The van der Waals surface area contributed by atoms with E-state index in [1.165, 1.54) is 0 Å². The van der Waals surface area contributed by atoms with Crippen LogP contribution in [0.15, 0.2) is 78.9 Å². The molecule has 0 radical (unpaired) electrons. The van der Waals surface area contributed by atoms with Crippen LogP contribution in [0.25, 0.3) is 11.0 Å². The fourth-order valence-electron chi connectivity index (χ4n) is 4.54. The number of hydrogen-bond acceptors (Lipinski definition) is 9. The molecule has 2 unspecified atom stereocenters. The summed E-state index contributed by atoms with van der Waals surface area (Å²) in [6, 6.07) is 21.0. The number of hydrogen-bond donors (Lipinski definition) is 3. The maximum absolute atomic E-state index is 12.9. The number of nitrogens with one attached hydrogen (secondary N) is 3. The van der Waals surface area contributed by atoms with Gasteiger partial charge in [-0.2, -0.15) is 0 Å². The Bertz CT molecular complexity index is 1520. The highest BCUT2D eigenvalue weighted by atomic mass is 32.2. The number of rotatable bonds is 10. The molecular weight excluding hydrogens is 560 g/mol. The van der Waals surface area contributed by atoms with Crippen LogP contribution in [-0.2, 0) is 0 Å². The number of ether oxygens (including phenoxy) is 2. The van der Waals surface area contributed by atoms with Crippen molar-refractivity contribution < 1.29 is 14.3 Å². The van der Waals surface area contributed by atoms with Crippen molar-refractivity contribution in [1.82, 2.24) is 15.3 Å². The quantitative estimate of drug-likeness (QED) is 0.130. The second-order valence-electron chi connectivity index (χ2n) is 9.91. The standard InChI is InChI=1S/C31H34N6O3S.C2H6/c1-37(2)23-14-12-20(13-15-23)31(38)33-21-8-7-9-26(18-21)41-36-30-29(34-27-10-5-6-11-28(27)35-30)32-22-16-24(39-3)19-25(17-22)40-4;1-2/h5-7,9-17,19,21,26H,8,18H2,1-4H3,(H,32,34)(H,33,38)(H,35,36);1-2H3. The number of benzene rings is 3. The summed E-state index contributed by atoms with van der Waals surface area (Å²) < 4.78 is 14.3. The Morgan fingerprint density at radius 1 is 0.907 bits per heavy atom. The Kier molecular flexibility index (Phi) is 11.1. The molecule has 0 saturated carbocycles. The zero-order chi connectivity index (χ0) is 30.8. The van der Waals surface area contributed by atoms with Gasteiger partial charge in [0.2, 0.25) is 0 Å². The van der Waals surface area contributed by atoms with Crippen molar-refractivity contribution in [2.75, 3.05) is 43.3 Å². The van der Waals surface area contributed by atoms with Crippen molar-refractivity contribution >= 4 is 51.9 Å². The average molecular weight is 601 g/mol. The van der Waals surface area contributed by atoms with E-state index in [0.717, 1.165) is 35.2 Å². The minimum absolute atomic E-state index is 0.0323. The molecule has 226 valence electrons. The summed E-state index contributed by atoms with van der Waals surface area (Å²) in [4.78, 5) is 24.6. The van der Waals surface area contributed by atoms with Gasteiger partial charge in [-0.3, -0.25) is 4.79 Å². The lowest BCUT2D eigenvalue weighted by atomic mass is 10.0. The van der Waals surface area contributed by atoms with Gasteiger partial charge in [0.1, 0.15) is 11.5 Å². The average Bonchev–Trinajstić information content (AvgIpc) is 3.04. The largest absolute Gasteiger partial charge is 0.497 e. The molecule has 0 bridgehead atoms. The molecule has 0 saturated heterocycles. The summed E-state index contributed by atoms with van der Waals surface area (Å²) in [6.07, 6.45) is 5.86. The van der Waals surface area contributed by atoms with Crippen LogP contribution in [0.4, 0.5) is 23.0 Å². The van der Waals surface area contributed by atoms with Crippen LogP contribution in [-0.4, -0.2) is 55.5 Å². The smallest absolute Gasteiger partial charge is 0.251 e. The van der Waals surface area contributed by atoms with Crippen LogP contribution in [0.1, 0.15) is 37.0 Å². The van der Waals surface area contributed by atoms with Gasteiger partial charge in [-0.15, -0.1) is 0 Å². The maximum Gasteiger partial charge on any atom is 0.251 e. The molecule has 0 fully saturated rings. The van der Waals surface area contributed by atoms with Crippen LogP contribution in [0.3, 0.4) is 0 Å². The Morgan fingerprint density at radius 2 is 1.53 bits per heavy atom. The number of para-hydroxylation sites is 2. The third-order valence-electron chi connectivity index (χ3n) is 6.76. The van der Waals surface area contributed by atoms with Gasteiger partial charge in [-0.05, 0) is 61.2 Å². The van der Waals surface area contributed by atoms with Gasteiger partial charge in [0.15, 0.2) is 11.6 Å². The van der Waals surface area contributed by atoms with Gasteiger partial charge < -0.3 is 29.7 Å². The fraction of sp³-hybridized carbons (Fsp3) is 0.303. The van der Waals surface area contributed by atoms with Crippen molar-refractivity contribution in [3.63, 3.8) is 0 Å². The second-order valence-corrected chi connectivity index (χ2v) is 11.0. The maximum atomic E-state index is 12.9. The monoisotopic (exact) mass is 600 g/mol. The summed E-state index contributed by atoms with van der Waals surface area (Å²) in [5, 5.41) is 6.70. The Hall–Kier alpha value is -4.44. The van der Waals surface area contributed by atoms with Crippen LogP contribution < -0.4 is 29.7 Å². The normalized spacial score (nSPS) is 15.6. The van der Waals surface area contributed by atoms with Crippen molar-refractivity contribution in [2.45, 2.75) is 38.0 Å². The first-order chi connectivity index (χ1) is 20.9. The van der Waals surface area contributed by atoms with E-state index in [2.05, 4.69) is 27.5 Å². The third-order valence-corrected chi connectivity index (χ3v) is 7.72. The first-order valence-electron chi connectivity index (χ1n) is 14.4. The van der Waals surface area contributed by atoms with E-state index in [-0.39, 0.29) is 17.2 Å². The molecule has 10 heteroatoms. The number of carbonyl (C=O) groups excluding carboxylic acids is 1. The topological polar surface area (TPSA) is 101 Å². The third kappa shape index (κ3) is 8.32. The molecule has 43 heavy (non-hydrogen) atoms. The minimum atomic E-state index is -0.0621. The van der Waals surface area contributed by atoms with Crippen molar-refractivity contribution in [3.8, 4) is 11.5 Å². The van der Waals surface area contributed by atoms with E-state index in [9.17, 15) is 4.79 Å². The summed E-state index contributed by atoms with van der Waals surface area (Å²) in [5.74, 6) is 2.46. The summed E-state index contributed by atoms with van der Waals surface area (Å²) in [5.41, 5.74) is 4.04. The molecule has 4 aromatic rings. The van der Waals surface area contributed by atoms with Gasteiger partial charge in [0.25, 0.3) is 5.91 Å². The van der Waals surface area contributed by atoms with Gasteiger partial charge >= 0.3 is 0 Å².